The maximum Gasteiger partial charge on any atom is 0.227 e. The zero-order valence-corrected chi connectivity index (χ0v) is 14.4. The second-order valence-corrected chi connectivity index (χ2v) is 5.54. The van der Waals surface area contributed by atoms with E-state index >= 15 is 0 Å². The lowest BCUT2D eigenvalue weighted by molar-refractivity contribution is -0.116. The summed E-state index contributed by atoms with van der Waals surface area (Å²) in [5, 5.41) is 2.85. The number of pyridine rings is 1. The van der Waals surface area contributed by atoms with Gasteiger partial charge in [0.05, 0.1) is 25.4 Å². The monoisotopic (exact) mass is 339 g/mol. The standard InChI is InChI=1S/C19H21N3O3/c1-3-25-16-9-7-14(12-17(16)24-2)8-10-18(23)21-19-20-13-15-6-4-5-11-22(15)19/h4-7,9,11-13H,3,8,10H2,1-2H3,(H,20,21,23). The number of carbonyl (C=O) groups is 1. The van der Waals surface area contributed by atoms with Crippen molar-refractivity contribution >= 4 is 17.4 Å². The summed E-state index contributed by atoms with van der Waals surface area (Å²) in [4.78, 5) is 16.5. The number of methoxy groups -OCH3 is 1. The minimum atomic E-state index is -0.0794. The number of hydrogen-bond acceptors (Lipinski definition) is 4. The van der Waals surface area contributed by atoms with Gasteiger partial charge in [-0.15, -0.1) is 0 Å². The molecule has 6 nitrogen and oxygen atoms in total. The number of benzene rings is 1. The first kappa shape index (κ1) is 16.8. The smallest absolute Gasteiger partial charge is 0.227 e. The maximum absolute atomic E-state index is 12.2. The molecule has 0 saturated carbocycles. The van der Waals surface area contributed by atoms with Gasteiger partial charge in [0.1, 0.15) is 0 Å². The van der Waals surface area contributed by atoms with Gasteiger partial charge in [-0.2, -0.15) is 0 Å². The van der Waals surface area contributed by atoms with Crippen LogP contribution in [0.1, 0.15) is 18.9 Å². The average Bonchev–Trinajstić information content (AvgIpc) is 3.04. The summed E-state index contributed by atoms with van der Waals surface area (Å²) in [5.41, 5.74) is 1.96. The summed E-state index contributed by atoms with van der Waals surface area (Å²) in [5.74, 6) is 1.84. The fourth-order valence-corrected chi connectivity index (χ4v) is 2.62. The zero-order chi connectivity index (χ0) is 17.6. The molecule has 25 heavy (non-hydrogen) atoms. The SMILES string of the molecule is CCOc1ccc(CCC(=O)Nc2ncc3ccccn23)cc1OC. The van der Waals surface area contributed by atoms with Gasteiger partial charge < -0.3 is 9.47 Å². The van der Waals surface area contributed by atoms with Crippen LogP contribution in [-0.2, 0) is 11.2 Å². The van der Waals surface area contributed by atoms with E-state index in [1.165, 1.54) is 0 Å². The van der Waals surface area contributed by atoms with Gasteiger partial charge in [-0.1, -0.05) is 12.1 Å². The van der Waals surface area contributed by atoms with Crippen molar-refractivity contribution in [2.24, 2.45) is 0 Å². The number of carbonyl (C=O) groups excluding carboxylic acids is 1. The van der Waals surface area contributed by atoms with Gasteiger partial charge in [-0.25, -0.2) is 4.98 Å². The Morgan fingerprint density at radius 1 is 1.24 bits per heavy atom. The lowest BCUT2D eigenvalue weighted by atomic mass is 10.1. The van der Waals surface area contributed by atoms with E-state index in [0.717, 1.165) is 11.1 Å². The van der Waals surface area contributed by atoms with Crippen LogP contribution in [0.3, 0.4) is 0 Å². The Labute approximate surface area is 146 Å². The molecule has 1 N–H and O–H groups in total. The molecule has 0 aliphatic carbocycles. The van der Waals surface area contributed by atoms with Gasteiger partial charge in [0, 0.05) is 12.6 Å². The highest BCUT2D eigenvalue weighted by Gasteiger charge is 2.10. The molecule has 0 atom stereocenters. The first-order valence-electron chi connectivity index (χ1n) is 8.23. The first-order chi connectivity index (χ1) is 12.2. The largest absolute Gasteiger partial charge is 0.493 e. The number of nitrogens with one attached hydrogen (secondary N) is 1. The Morgan fingerprint density at radius 3 is 2.92 bits per heavy atom. The highest BCUT2D eigenvalue weighted by molar-refractivity contribution is 5.89. The molecule has 2 aromatic heterocycles. The van der Waals surface area contributed by atoms with Gasteiger partial charge in [0.15, 0.2) is 11.5 Å². The number of amides is 1. The van der Waals surface area contributed by atoms with Crippen molar-refractivity contribution in [3.05, 3.63) is 54.4 Å². The van der Waals surface area contributed by atoms with Crippen molar-refractivity contribution in [1.82, 2.24) is 9.38 Å². The van der Waals surface area contributed by atoms with E-state index in [1.54, 1.807) is 13.3 Å². The molecular weight excluding hydrogens is 318 g/mol. The van der Waals surface area contributed by atoms with Crippen LogP contribution in [0.15, 0.2) is 48.8 Å². The third-order valence-corrected chi connectivity index (χ3v) is 3.86. The van der Waals surface area contributed by atoms with E-state index in [0.29, 0.717) is 36.9 Å². The van der Waals surface area contributed by atoms with Crippen LogP contribution < -0.4 is 14.8 Å². The zero-order valence-electron chi connectivity index (χ0n) is 14.4. The van der Waals surface area contributed by atoms with Crippen LogP contribution in [0.25, 0.3) is 5.52 Å². The van der Waals surface area contributed by atoms with Crippen molar-refractivity contribution in [3.63, 3.8) is 0 Å². The molecule has 0 spiro atoms. The molecule has 0 aliphatic rings. The van der Waals surface area contributed by atoms with E-state index in [9.17, 15) is 4.79 Å². The molecule has 0 aliphatic heterocycles. The maximum atomic E-state index is 12.2. The van der Waals surface area contributed by atoms with Crippen molar-refractivity contribution in [2.45, 2.75) is 19.8 Å². The van der Waals surface area contributed by atoms with Crippen molar-refractivity contribution in [2.75, 3.05) is 19.0 Å². The Kier molecular flexibility index (Phi) is 5.18. The van der Waals surface area contributed by atoms with Crippen LogP contribution in [0.4, 0.5) is 5.95 Å². The molecule has 2 heterocycles. The van der Waals surface area contributed by atoms with Crippen LogP contribution >= 0.6 is 0 Å². The molecule has 1 amide bonds. The number of hydrogen-bond donors (Lipinski definition) is 1. The Morgan fingerprint density at radius 2 is 2.12 bits per heavy atom. The third-order valence-electron chi connectivity index (χ3n) is 3.86. The van der Waals surface area contributed by atoms with E-state index < -0.39 is 0 Å². The second kappa shape index (κ2) is 7.70. The molecule has 0 saturated heterocycles. The number of aryl methyl sites for hydroxylation is 1. The molecule has 0 fully saturated rings. The number of rotatable bonds is 7. The molecule has 0 unspecified atom stereocenters. The summed E-state index contributed by atoms with van der Waals surface area (Å²) < 4.78 is 12.7. The summed E-state index contributed by atoms with van der Waals surface area (Å²) in [6, 6.07) is 11.5. The van der Waals surface area contributed by atoms with Gasteiger partial charge >= 0.3 is 0 Å². The molecule has 1 aromatic carbocycles. The summed E-state index contributed by atoms with van der Waals surface area (Å²) in [6.07, 6.45) is 4.57. The van der Waals surface area contributed by atoms with Gasteiger partial charge in [-0.05, 0) is 43.2 Å². The Balaban J connectivity index is 1.62. The number of imidazole rings is 1. The molecule has 6 heteroatoms. The van der Waals surface area contributed by atoms with E-state index in [1.807, 2.05) is 53.9 Å². The second-order valence-electron chi connectivity index (χ2n) is 5.54. The third kappa shape index (κ3) is 3.91. The van der Waals surface area contributed by atoms with Crippen molar-refractivity contribution < 1.29 is 14.3 Å². The molecular formula is C19H21N3O3. The highest BCUT2D eigenvalue weighted by atomic mass is 16.5. The summed E-state index contributed by atoms with van der Waals surface area (Å²) >= 11 is 0. The van der Waals surface area contributed by atoms with Crippen LogP contribution in [-0.4, -0.2) is 29.0 Å². The quantitative estimate of drug-likeness (QED) is 0.717. The predicted molar refractivity (Wildman–Crippen MR) is 96.3 cm³/mol. The fourth-order valence-electron chi connectivity index (χ4n) is 2.62. The molecule has 0 radical (unpaired) electrons. The lowest BCUT2D eigenvalue weighted by Gasteiger charge is -2.11. The number of ether oxygens (including phenoxy) is 2. The highest BCUT2D eigenvalue weighted by Crippen LogP contribution is 2.28. The Bertz CT molecular complexity index is 873. The van der Waals surface area contributed by atoms with E-state index in [2.05, 4.69) is 10.3 Å². The minimum absolute atomic E-state index is 0.0794. The van der Waals surface area contributed by atoms with Crippen LogP contribution in [0.2, 0.25) is 0 Å². The lowest BCUT2D eigenvalue weighted by Crippen LogP contribution is -2.14. The van der Waals surface area contributed by atoms with Crippen LogP contribution in [0, 0.1) is 0 Å². The van der Waals surface area contributed by atoms with E-state index in [4.69, 9.17) is 9.47 Å². The van der Waals surface area contributed by atoms with Gasteiger partial charge in [-0.3, -0.25) is 14.5 Å². The average molecular weight is 339 g/mol. The molecule has 130 valence electrons. The normalized spacial score (nSPS) is 10.6. The van der Waals surface area contributed by atoms with Crippen molar-refractivity contribution in [1.29, 1.82) is 0 Å². The number of aromatic nitrogens is 2. The topological polar surface area (TPSA) is 64.9 Å². The predicted octanol–water partition coefficient (Wildman–Crippen LogP) is 3.31. The van der Waals surface area contributed by atoms with Crippen molar-refractivity contribution in [3.8, 4) is 11.5 Å². The Hall–Kier alpha value is -3.02. The number of nitrogens with zero attached hydrogens (tertiary/aromatic N) is 2. The fraction of sp³-hybridized carbons (Fsp3) is 0.263. The van der Waals surface area contributed by atoms with Gasteiger partial charge in [0.25, 0.3) is 0 Å². The molecule has 0 bridgehead atoms. The number of anilines is 1. The van der Waals surface area contributed by atoms with Crippen LogP contribution in [0.5, 0.6) is 11.5 Å². The summed E-state index contributed by atoms with van der Waals surface area (Å²) in [7, 11) is 1.61. The molecule has 3 aromatic rings. The molecule has 3 rings (SSSR count). The first-order valence-corrected chi connectivity index (χ1v) is 8.23. The van der Waals surface area contributed by atoms with Gasteiger partial charge in [0.2, 0.25) is 11.9 Å². The summed E-state index contributed by atoms with van der Waals surface area (Å²) in [6.45, 7) is 2.51. The van der Waals surface area contributed by atoms with E-state index in [-0.39, 0.29) is 5.91 Å². The number of fused-ring (bicyclic) bond motifs is 1. The minimum Gasteiger partial charge on any atom is -0.493 e.